The molecule has 0 unspecified atom stereocenters. The van der Waals surface area contributed by atoms with Gasteiger partial charge in [-0.1, -0.05) is 13.8 Å². The number of aromatic nitrogens is 2. The minimum Gasteiger partial charge on any atom is -0.478 e. The Bertz CT molecular complexity index is 878. The predicted molar refractivity (Wildman–Crippen MR) is 110 cm³/mol. The number of nitrogens with one attached hydrogen (secondary N) is 1. The number of carboxylic acids is 1. The quantitative estimate of drug-likeness (QED) is 0.746. The molecule has 0 atom stereocenters. The number of aryl methyl sites for hydroxylation is 1. The first kappa shape index (κ1) is 21.3. The number of nitrogens with zero attached hydrogens (tertiary/aromatic N) is 3. The first-order chi connectivity index (χ1) is 13.1. The smallest absolute Gasteiger partial charge is 0.335 e. The van der Waals surface area contributed by atoms with Crippen LogP contribution in [0.5, 0.6) is 0 Å². The van der Waals surface area contributed by atoms with Gasteiger partial charge in [0.1, 0.15) is 5.69 Å². The summed E-state index contributed by atoms with van der Waals surface area (Å²) in [5, 5.41) is 11.9. The Morgan fingerprint density at radius 1 is 1.14 bits per heavy atom. The van der Waals surface area contributed by atoms with Crippen molar-refractivity contribution in [1.29, 1.82) is 0 Å². The number of carbonyl (C=O) groups is 2. The van der Waals surface area contributed by atoms with Crippen LogP contribution in [0.3, 0.4) is 0 Å². The fraction of sp³-hybridized carbons (Fsp3) is 0.429. The minimum atomic E-state index is -0.995. The van der Waals surface area contributed by atoms with Crippen LogP contribution in [0, 0.1) is 6.92 Å². The summed E-state index contributed by atoms with van der Waals surface area (Å²) >= 11 is 0. The molecule has 2 aromatic rings. The standard InChI is InChI=1S/C21H28N4O3/c1-7-25(13(4)5)21-23-17(12(2)3)11-18(24-21)19(26)22-15-8-9-16(20(27)28)14(6)10-15/h8-13H,7H2,1-6H3,(H,22,26)(H,27,28). The van der Waals surface area contributed by atoms with E-state index in [1.807, 2.05) is 25.7 Å². The molecule has 1 aromatic heterocycles. The molecule has 0 saturated carbocycles. The van der Waals surface area contributed by atoms with Gasteiger partial charge >= 0.3 is 5.97 Å². The van der Waals surface area contributed by atoms with Crippen molar-refractivity contribution in [3.63, 3.8) is 0 Å². The Morgan fingerprint density at radius 2 is 1.82 bits per heavy atom. The number of amides is 1. The molecular formula is C21H28N4O3. The number of aromatic carboxylic acids is 1. The average Bonchev–Trinajstić information content (AvgIpc) is 2.61. The van der Waals surface area contributed by atoms with Gasteiger partial charge in [0.2, 0.25) is 5.95 Å². The monoisotopic (exact) mass is 384 g/mol. The lowest BCUT2D eigenvalue weighted by Crippen LogP contribution is -2.33. The summed E-state index contributed by atoms with van der Waals surface area (Å²) in [5.74, 6) is -0.666. The third-order valence-electron chi connectivity index (χ3n) is 4.49. The largest absolute Gasteiger partial charge is 0.478 e. The summed E-state index contributed by atoms with van der Waals surface area (Å²) in [6, 6.07) is 6.60. The highest BCUT2D eigenvalue weighted by atomic mass is 16.4. The van der Waals surface area contributed by atoms with Crippen molar-refractivity contribution in [2.24, 2.45) is 0 Å². The van der Waals surface area contributed by atoms with Gasteiger partial charge in [0.25, 0.3) is 5.91 Å². The fourth-order valence-electron chi connectivity index (χ4n) is 2.91. The highest BCUT2D eigenvalue weighted by Gasteiger charge is 2.19. The summed E-state index contributed by atoms with van der Waals surface area (Å²) in [7, 11) is 0. The molecule has 2 rings (SSSR count). The molecule has 0 bridgehead atoms. The maximum Gasteiger partial charge on any atom is 0.335 e. The molecule has 0 fully saturated rings. The van der Waals surface area contributed by atoms with E-state index >= 15 is 0 Å². The van der Waals surface area contributed by atoms with Crippen LogP contribution >= 0.6 is 0 Å². The topological polar surface area (TPSA) is 95.4 Å². The molecule has 7 heteroatoms. The van der Waals surface area contributed by atoms with Crippen LogP contribution in [0.1, 0.15) is 72.6 Å². The molecule has 0 aliphatic heterocycles. The number of benzene rings is 1. The van der Waals surface area contributed by atoms with Crippen molar-refractivity contribution < 1.29 is 14.7 Å². The Balaban J connectivity index is 2.37. The molecular weight excluding hydrogens is 356 g/mol. The van der Waals surface area contributed by atoms with E-state index in [-0.39, 0.29) is 29.1 Å². The summed E-state index contributed by atoms with van der Waals surface area (Å²) in [6.07, 6.45) is 0. The van der Waals surface area contributed by atoms with Crippen LogP contribution in [-0.2, 0) is 0 Å². The zero-order valence-corrected chi connectivity index (χ0v) is 17.3. The van der Waals surface area contributed by atoms with Crippen molar-refractivity contribution in [2.45, 2.75) is 53.5 Å². The van der Waals surface area contributed by atoms with E-state index in [4.69, 9.17) is 5.11 Å². The summed E-state index contributed by atoms with van der Waals surface area (Å²) in [5.41, 5.74) is 2.39. The third kappa shape index (κ3) is 4.85. The van der Waals surface area contributed by atoms with Crippen LogP contribution in [0.2, 0.25) is 0 Å². The van der Waals surface area contributed by atoms with Gasteiger partial charge < -0.3 is 15.3 Å². The van der Waals surface area contributed by atoms with Gasteiger partial charge in [-0.2, -0.15) is 0 Å². The van der Waals surface area contributed by atoms with E-state index in [1.165, 1.54) is 6.07 Å². The van der Waals surface area contributed by atoms with Crippen molar-refractivity contribution in [1.82, 2.24) is 9.97 Å². The summed E-state index contributed by atoms with van der Waals surface area (Å²) < 4.78 is 0. The lowest BCUT2D eigenvalue weighted by Gasteiger charge is -2.26. The number of hydrogen-bond acceptors (Lipinski definition) is 5. The molecule has 0 spiro atoms. The molecule has 0 saturated heterocycles. The van der Waals surface area contributed by atoms with E-state index in [1.54, 1.807) is 25.1 Å². The van der Waals surface area contributed by atoms with Crippen molar-refractivity contribution >= 4 is 23.5 Å². The van der Waals surface area contributed by atoms with E-state index in [2.05, 4.69) is 29.1 Å². The van der Waals surface area contributed by atoms with Gasteiger partial charge in [-0.15, -0.1) is 0 Å². The van der Waals surface area contributed by atoms with Crippen molar-refractivity contribution in [2.75, 3.05) is 16.8 Å². The number of anilines is 2. The lowest BCUT2D eigenvalue weighted by molar-refractivity contribution is 0.0696. The second-order valence-electron chi connectivity index (χ2n) is 7.30. The van der Waals surface area contributed by atoms with Crippen LogP contribution in [0.25, 0.3) is 0 Å². The lowest BCUT2D eigenvalue weighted by atomic mass is 10.1. The number of carbonyl (C=O) groups excluding carboxylic acids is 1. The first-order valence-corrected chi connectivity index (χ1v) is 9.44. The van der Waals surface area contributed by atoms with Crippen LogP contribution in [-0.4, -0.2) is 39.5 Å². The normalized spacial score (nSPS) is 11.0. The van der Waals surface area contributed by atoms with Crippen LogP contribution in [0.15, 0.2) is 24.3 Å². The van der Waals surface area contributed by atoms with Crippen molar-refractivity contribution in [3.05, 3.63) is 46.8 Å². The van der Waals surface area contributed by atoms with Gasteiger partial charge in [0.15, 0.2) is 0 Å². The molecule has 2 N–H and O–H groups in total. The zero-order valence-electron chi connectivity index (χ0n) is 17.3. The maximum atomic E-state index is 12.8. The van der Waals surface area contributed by atoms with Gasteiger partial charge in [0.05, 0.1) is 5.56 Å². The molecule has 150 valence electrons. The average molecular weight is 384 g/mol. The highest BCUT2D eigenvalue weighted by molar-refractivity contribution is 6.03. The molecule has 1 heterocycles. The predicted octanol–water partition coefficient (Wildman–Crippen LogP) is 4.09. The zero-order chi connectivity index (χ0) is 21.0. The molecule has 1 amide bonds. The Labute approximate surface area is 165 Å². The number of rotatable bonds is 7. The molecule has 0 aliphatic rings. The molecule has 7 nitrogen and oxygen atoms in total. The second kappa shape index (κ2) is 8.82. The van der Waals surface area contributed by atoms with Gasteiger partial charge in [-0.3, -0.25) is 4.79 Å². The molecule has 0 aliphatic carbocycles. The van der Waals surface area contributed by atoms with Crippen LogP contribution in [0.4, 0.5) is 11.6 Å². The fourth-order valence-corrected chi connectivity index (χ4v) is 2.91. The third-order valence-corrected chi connectivity index (χ3v) is 4.49. The molecule has 0 radical (unpaired) electrons. The van der Waals surface area contributed by atoms with E-state index in [0.29, 0.717) is 17.2 Å². The SMILES string of the molecule is CCN(c1nc(C(=O)Nc2ccc(C(=O)O)c(C)c2)cc(C(C)C)n1)C(C)C. The minimum absolute atomic E-state index is 0.149. The Morgan fingerprint density at radius 3 is 2.32 bits per heavy atom. The molecule has 1 aromatic carbocycles. The van der Waals surface area contributed by atoms with E-state index < -0.39 is 5.97 Å². The Hall–Kier alpha value is -2.96. The van der Waals surface area contributed by atoms with Gasteiger partial charge in [-0.25, -0.2) is 14.8 Å². The van der Waals surface area contributed by atoms with Crippen molar-refractivity contribution in [3.8, 4) is 0 Å². The van der Waals surface area contributed by atoms with Crippen LogP contribution < -0.4 is 10.2 Å². The van der Waals surface area contributed by atoms with Gasteiger partial charge in [-0.05, 0) is 63.4 Å². The van der Waals surface area contributed by atoms with E-state index in [0.717, 1.165) is 12.2 Å². The summed E-state index contributed by atoms with van der Waals surface area (Å²) in [4.78, 5) is 35.1. The maximum absolute atomic E-state index is 12.8. The second-order valence-corrected chi connectivity index (χ2v) is 7.30. The molecule has 28 heavy (non-hydrogen) atoms. The van der Waals surface area contributed by atoms with E-state index in [9.17, 15) is 9.59 Å². The number of carboxylic acid groups (broad SMARTS) is 1. The highest BCUT2D eigenvalue weighted by Crippen LogP contribution is 2.20. The first-order valence-electron chi connectivity index (χ1n) is 9.44. The van der Waals surface area contributed by atoms with Gasteiger partial charge in [0, 0.05) is 24.0 Å². The summed E-state index contributed by atoms with van der Waals surface area (Å²) in [6.45, 7) is 12.6. The number of hydrogen-bond donors (Lipinski definition) is 2. The Kier molecular flexibility index (Phi) is 6.72.